The third-order valence-electron chi connectivity index (χ3n) is 7.93. The van der Waals surface area contributed by atoms with Gasteiger partial charge in [0.05, 0.1) is 11.4 Å². The van der Waals surface area contributed by atoms with E-state index in [0.717, 1.165) is 39.2 Å². The standard InChI is InChI=1S/C39H25N3/c1-2-11-27(12-3-1)36-24-37(42-39(41-36)30-14-8-13-28(22-30)31-15-9-21-40-25-31)35-23-29-20-19-26-10-4-5-16-32(26)38(29)34-18-7-6-17-33(34)35/h1-25H. The van der Waals surface area contributed by atoms with Gasteiger partial charge in [-0.2, -0.15) is 0 Å². The Balaban J connectivity index is 1.40. The molecule has 8 aromatic rings. The van der Waals surface area contributed by atoms with E-state index in [1.165, 1.54) is 32.3 Å². The molecule has 0 atom stereocenters. The van der Waals surface area contributed by atoms with Gasteiger partial charge >= 0.3 is 0 Å². The molecule has 0 aliphatic carbocycles. The van der Waals surface area contributed by atoms with Crippen LogP contribution in [0.2, 0.25) is 0 Å². The van der Waals surface area contributed by atoms with Crippen LogP contribution in [-0.2, 0) is 0 Å². The van der Waals surface area contributed by atoms with Crippen molar-refractivity contribution in [3.63, 3.8) is 0 Å². The van der Waals surface area contributed by atoms with Crippen LogP contribution in [-0.4, -0.2) is 15.0 Å². The maximum atomic E-state index is 5.23. The zero-order valence-corrected chi connectivity index (χ0v) is 22.8. The predicted molar refractivity (Wildman–Crippen MR) is 174 cm³/mol. The monoisotopic (exact) mass is 535 g/mol. The van der Waals surface area contributed by atoms with E-state index in [4.69, 9.17) is 9.97 Å². The van der Waals surface area contributed by atoms with Crippen LogP contribution < -0.4 is 0 Å². The summed E-state index contributed by atoms with van der Waals surface area (Å²) < 4.78 is 0. The molecule has 6 aromatic carbocycles. The van der Waals surface area contributed by atoms with Crippen molar-refractivity contribution in [1.29, 1.82) is 0 Å². The summed E-state index contributed by atoms with van der Waals surface area (Å²) in [4.78, 5) is 14.6. The van der Waals surface area contributed by atoms with E-state index in [-0.39, 0.29) is 0 Å². The van der Waals surface area contributed by atoms with Crippen molar-refractivity contribution < 1.29 is 0 Å². The molecule has 0 spiro atoms. The first-order chi connectivity index (χ1) is 20.8. The molecule has 0 bridgehead atoms. The minimum absolute atomic E-state index is 0.694. The Hall–Kier alpha value is -5.67. The van der Waals surface area contributed by atoms with E-state index in [2.05, 4.69) is 132 Å². The van der Waals surface area contributed by atoms with Crippen LogP contribution in [0.3, 0.4) is 0 Å². The number of nitrogens with zero attached hydrogens (tertiary/aromatic N) is 3. The van der Waals surface area contributed by atoms with E-state index in [1.54, 1.807) is 6.20 Å². The average Bonchev–Trinajstić information content (AvgIpc) is 3.08. The van der Waals surface area contributed by atoms with Crippen molar-refractivity contribution in [2.24, 2.45) is 0 Å². The molecule has 0 N–H and O–H groups in total. The Bertz CT molecular complexity index is 2240. The van der Waals surface area contributed by atoms with Crippen molar-refractivity contribution in [2.75, 3.05) is 0 Å². The molecule has 2 aromatic heterocycles. The molecule has 3 nitrogen and oxygen atoms in total. The molecule has 3 heteroatoms. The number of benzene rings is 6. The molecule has 0 amide bonds. The van der Waals surface area contributed by atoms with Crippen LogP contribution >= 0.6 is 0 Å². The second-order valence-electron chi connectivity index (χ2n) is 10.5. The normalized spacial score (nSPS) is 11.3. The molecule has 2 heterocycles. The van der Waals surface area contributed by atoms with Crippen molar-refractivity contribution in [3.8, 4) is 45.0 Å². The summed E-state index contributed by atoms with van der Waals surface area (Å²) in [6.45, 7) is 0. The quantitative estimate of drug-likeness (QED) is 0.211. The van der Waals surface area contributed by atoms with Crippen molar-refractivity contribution in [1.82, 2.24) is 15.0 Å². The third-order valence-corrected chi connectivity index (χ3v) is 7.93. The Morgan fingerprint density at radius 3 is 1.95 bits per heavy atom. The molecule has 0 fully saturated rings. The Labute approximate surface area is 243 Å². The van der Waals surface area contributed by atoms with Crippen molar-refractivity contribution >= 4 is 32.3 Å². The zero-order chi connectivity index (χ0) is 27.9. The molecule has 0 saturated heterocycles. The van der Waals surface area contributed by atoms with Crippen LogP contribution in [0.4, 0.5) is 0 Å². The SMILES string of the molecule is c1ccc(-c2cc(-c3cc4ccc5ccccc5c4c4ccccc34)nc(-c3cccc(-c4cccnc4)c3)n2)cc1. The second kappa shape index (κ2) is 10.1. The summed E-state index contributed by atoms with van der Waals surface area (Å²) >= 11 is 0. The first-order valence-corrected chi connectivity index (χ1v) is 14.1. The van der Waals surface area contributed by atoms with E-state index >= 15 is 0 Å². The molecule has 0 aliphatic heterocycles. The fourth-order valence-electron chi connectivity index (χ4n) is 5.93. The van der Waals surface area contributed by atoms with Gasteiger partial charge in [-0.3, -0.25) is 4.98 Å². The lowest BCUT2D eigenvalue weighted by molar-refractivity contribution is 1.19. The summed E-state index contributed by atoms with van der Waals surface area (Å²) in [5, 5.41) is 7.37. The molecule has 0 radical (unpaired) electrons. The predicted octanol–water partition coefficient (Wildman–Crippen LogP) is 10.00. The fourth-order valence-corrected chi connectivity index (χ4v) is 5.93. The number of aromatic nitrogens is 3. The van der Waals surface area contributed by atoms with Gasteiger partial charge in [0.1, 0.15) is 0 Å². The second-order valence-corrected chi connectivity index (χ2v) is 10.5. The summed E-state index contributed by atoms with van der Waals surface area (Å²) in [6.07, 6.45) is 3.68. The molecule has 0 aliphatic rings. The Morgan fingerprint density at radius 2 is 1.10 bits per heavy atom. The zero-order valence-electron chi connectivity index (χ0n) is 22.8. The number of fused-ring (bicyclic) bond motifs is 5. The van der Waals surface area contributed by atoms with E-state index in [9.17, 15) is 0 Å². The molecular weight excluding hydrogens is 510 g/mol. The maximum absolute atomic E-state index is 5.23. The van der Waals surface area contributed by atoms with Crippen LogP contribution in [0, 0.1) is 0 Å². The van der Waals surface area contributed by atoms with Gasteiger partial charge in [0, 0.05) is 34.6 Å². The lowest BCUT2D eigenvalue weighted by Crippen LogP contribution is -1.97. The van der Waals surface area contributed by atoms with Gasteiger partial charge in [0.15, 0.2) is 5.82 Å². The highest BCUT2D eigenvalue weighted by Gasteiger charge is 2.16. The highest BCUT2D eigenvalue weighted by molar-refractivity contribution is 6.23. The van der Waals surface area contributed by atoms with Gasteiger partial charge in [0.25, 0.3) is 0 Å². The lowest BCUT2D eigenvalue weighted by atomic mass is 9.92. The van der Waals surface area contributed by atoms with Gasteiger partial charge in [-0.25, -0.2) is 9.97 Å². The third kappa shape index (κ3) is 4.20. The highest BCUT2D eigenvalue weighted by atomic mass is 14.9. The van der Waals surface area contributed by atoms with Gasteiger partial charge in [0.2, 0.25) is 0 Å². The molecule has 0 saturated carbocycles. The Morgan fingerprint density at radius 1 is 0.405 bits per heavy atom. The van der Waals surface area contributed by atoms with Crippen LogP contribution in [0.1, 0.15) is 0 Å². The number of hydrogen-bond acceptors (Lipinski definition) is 3. The van der Waals surface area contributed by atoms with E-state index < -0.39 is 0 Å². The van der Waals surface area contributed by atoms with E-state index in [1.807, 2.05) is 18.3 Å². The summed E-state index contributed by atoms with van der Waals surface area (Å²) in [6, 6.07) is 48.9. The van der Waals surface area contributed by atoms with Crippen molar-refractivity contribution in [2.45, 2.75) is 0 Å². The van der Waals surface area contributed by atoms with Gasteiger partial charge in [-0.05, 0) is 62.1 Å². The molecule has 8 rings (SSSR count). The minimum Gasteiger partial charge on any atom is -0.264 e. The molecular formula is C39H25N3. The van der Waals surface area contributed by atoms with Gasteiger partial charge in [-0.15, -0.1) is 0 Å². The van der Waals surface area contributed by atoms with Gasteiger partial charge in [-0.1, -0.05) is 115 Å². The smallest absolute Gasteiger partial charge is 0.160 e. The number of hydrogen-bond donors (Lipinski definition) is 0. The lowest BCUT2D eigenvalue weighted by Gasteiger charge is -2.15. The fraction of sp³-hybridized carbons (Fsp3) is 0. The van der Waals surface area contributed by atoms with Crippen molar-refractivity contribution in [3.05, 3.63) is 152 Å². The van der Waals surface area contributed by atoms with Crippen LogP contribution in [0.25, 0.3) is 77.3 Å². The van der Waals surface area contributed by atoms with Crippen LogP contribution in [0.15, 0.2) is 152 Å². The first-order valence-electron chi connectivity index (χ1n) is 14.1. The first kappa shape index (κ1) is 24.2. The summed E-state index contributed by atoms with van der Waals surface area (Å²) in [7, 11) is 0. The highest BCUT2D eigenvalue weighted by Crippen LogP contribution is 2.39. The maximum Gasteiger partial charge on any atom is 0.160 e. The Kier molecular flexibility index (Phi) is 5.79. The number of rotatable bonds is 4. The van der Waals surface area contributed by atoms with Crippen LogP contribution in [0.5, 0.6) is 0 Å². The molecule has 42 heavy (non-hydrogen) atoms. The van der Waals surface area contributed by atoms with E-state index in [0.29, 0.717) is 5.82 Å². The molecule has 0 unspecified atom stereocenters. The largest absolute Gasteiger partial charge is 0.264 e. The molecule has 196 valence electrons. The summed E-state index contributed by atoms with van der Waals surface area (Å²) in [5.41, 5.74) is 7.05. The minimum atomic E-state index is 0.694. The number of pyridine rings is 1. The van der Waals surface area contributed by atoms with Gasteiger partial charge < -0.3 is 0 Å². The summed E-state index contributed by atoms with van der Waals surface area (Å²) in [5.74, 6) is 0.694. The topological polar surface area (TPSA) is 38.7 Å². The average molecular weight is 536 g/mol.